The molecule has 0 aliphatic carbocycles. The predicted octanol–water partition coefficient (Wildman–Crippen LogP) is 1.36. The number of carboxylic acid groups (broad SMARTS) is 1. The number of carboxylic acids is 1. The topological polar surface area (TPSA) is 88.5 Å². The zero-order valence-corrected chi connectivity index (χ0v) is 10.5. The Bertz CT molecular complexity index is 521. The molecule has 0 aromatic heterocycles. The van der Waals surface area contributed by atoms with Crippen LogP contribution in [0, 0.1) is 0 Å². The molecule has 0 amide bonds. The van der Waals surface area contributed by atoms with Crippen molar-refractivity contribution >= 4 is 30.7 Å². The molecule has 0 radical (unpaired) electrons. The Kier molecular flexibility index (Phi) is 4.30. The number of carbonyl (C=O) groups excluding carboxylic acids is 1. The molecule has 1 aromatic rings. The average Bonchev–Trinajstić information content (AvgIpc) is 2.28. The van der Waals surface area contributed by atoms with Gasteiger partial charge in [-0.2, -0.15) is 0 Å². The number of carbonyl (C=O) groups is 2. The zero-order valence-electron chi connectivity index (χ0n) is 8.86. The van der Waals surface area contributed by atoms with Crippen molar-refractivity contribution in [3.05, 3.63) is 35.9 Å². The highest BCUT2D eigenvalue weighted by atomic mass is 33.1. The van der Waals surface area contributed by atoms with Gasteiger partial charge in [0.2, 0.25) is 0 Å². The average molecular weight is 274 g/mol. The van der Waals surface area contributed by atoms with E-state index in [1.807, 2.05) is 0 Å². The van der Waals surface area contributed by atoms with Crippen molar-refractivity contribution in [2.45, 2.75) is 12.2 Å². The van der Waals surface area contributed by atoms with E-state index in [0.29, 0.717) is 0 Å². The van der Waals surface area contributed by atoms with E-state index in [-0.39, 0.29) is 16.4 Å². The molecule has 1 unspecified atom stereocenters. The maximum absolute atomic E-state index is 11.6. The van der Waals surface area contributed by atoms with Crippen LogP contribution < -0.4 is 0 Å². The van der Waals surface area contributed by atoms with Crippen molar-refractivity contribution in [2.24, 2.45) is 0 Å². The van der Waals surface area contributed by atoms with Gasteiger partial charge in [0.1, 0.15) is 5.25 Å². The van der Waals surface area contributed by atoms with Gasteiger partial charge in [0, 0.05) is 5.56 Å². The fraction of sp³-hybridized carbons (Fsp3) is 0.200. The molecule has 1 N–H and O–H groups in total. The molecule has 1 rings (SSSR count). The Balaban J connectivity index is 2.93. The summed E-state index contributed by atoms with van der Waals surface area (Å²) in [4.78, 5) is 22.2. The van der Waals surface area contributed by atoms with Gasteiger partial charge >= 0.3 is 5.97 Å². The number of benzene rings is 1. The highest BCUT2D eigenvalue weighted by Crippen LogP contribution is 2.23. The number of hydrogen-bond donors (Lipinski definition) is 1. The lowest BCUT2D eigenvalue weighted by Crippen LogP contribution is -2.19. The molecule has 0 saturated heterocycles. The first-order valence-corrected chi connectivity index (χ1v) is 7.48. The van der Waals surface area contributed by atoms with Crippen molar-refractivity contribution < 1.29 is 23.1 Å². The summed E-state index contributed by atoms with van der Waals surface area (Å²) in [5, 5.41) is 6.34. The van der Waals surface area contributed by atoms with Crippen LogP contribution in [0.3, 0.4) is 0 Å². The zero-order chi connectivity index (χ0) is 13.1. The van der Waals surface area contributed by atoms with Gasteiger partial charge in [-0.25, -0.2) is 8.42 Å². The minimum atomic E-state index is -4.16. The third-order valence-electron chi connectivity index (χ3n) is 1.86. The summed E-state index contributed by atoms with van der Waals surface area (Å²) in [6.07, 6.45) is 0. The van der Waals surface area contributed by atoms with E-state index >= 15 is 0 Å². The summed E-state index contributed by atoms with van der Waals surface area (Å²) < 4.78 is 23.2. The van der Waals surface area contributed by atoms with Gasteiger partial charge < -0.3 is 5.11 Å². The molecule has 92 valence electrons. The van der Waals surface area contributed by atoms with Crippen molar-refractivity contribution in [2.75, 3.05) is 0 Å². The van der Waals surface area contributed by atoms with E-state index in [0.717, 1.165) is 0 Å². The van der Waals surface area contributed by atoms with Crippen LogP contribution in [-0.2, 0) is 13.7 Å². The van der Waals surface area contributed by atoms with E-state index in [4.69, 9.17) is 5.11 Å². The molecule has 0 fully saturated rings. The molecule has 0 heterocycles. The highest BCUT2D eigenvalue weighted by Gasteiger charge is 2.29. The van der Waals surface area contributed by atoms with Crippen LogP contribution in [0.5, 0.6) is 0 Å². The molecule has 0 aliphatic rings. The first-order valence-electron chi connectivity index (χ1n) is 4.60. The molecular weight excluding hydrogens is 264 g/mol. The summed E-state index contributed by atoms with van der Waals surface area (Å²) in [6, 6.07) is 7.45. The van der Waals surface area contributed by atoms with Gasteiger partial charge in [-0.3, -0.25) is 9.59 Å². The second-order valence-corrected chi connectivity index (χ2v) is 7.26. The lowest BCUT2D eigenvalue weighted by molar-refractivity contribution is -0.136. The summed E-state index contributed by atoms with van der Waals surface area (Å²) in [5.41, 5.74) is 0.0255. The summed E-state index contributed by atoms with van der Waals surface area (Å²) in [5.74, 6) is -1.28. The molecule has 0 aliphatic heterocycles. The summed E-state index contributed by atoms with van der Waals surface area (Å²) in [6.45, 7) is 1.21. The molecule has 0 bridgehead atoms. The predicted molar refractivity (Wildman–Crippen MR) is 64.4 cm³/mol. The van der Waals surface area contributed by atoms with Crippen molar-refractivity contribution in [1.82, 2.24) is 0 Å². The lowest BCUT2D eigenvalue weighted by atomic mass is 10.2. The number of rotatable bonds is 4. The Morgan fingerprint density at radius 3 is 2.24 bits per heavy atom. The summed E-state index contributed by atoms with van der Waals surface area (Å²) >= 11 is 0. The monoisotopic (exact) mass is 274 g/mol. The first kappa shape index (κ1) is 13.7. The SMILES string of the molecule is CC(SS(=O)(=O)C(=O)c1ccccc1)C(=O)O. The minimum Gasteiger partial charge on any atom is -0.480 e. The van der Waals surface area contributed by atoms with Gasteiger partial charge in [0.15, 0.2) is 0 Å². The largest absolute Gasteiger partial charge is 0.480 e. The first-order chi connectivity index (χ1) is 7.84. The third kappa shape index (κ3) is 3.57. The van der Waals surface area contributed by atoms with E-state index < -0.39 is 25.2 Å². The van der Waals surface area contributed by atoms with Crippen LogP contribution in [0.4, 0.5) is 0 Å². The fourth-order valence-corrected chi connectivity index (χ4v) is 3.91. The highest BCUT2D eigenvalue weighted by molar-refractivity contribution is 8.77. The van der Waals surface area contributed by atoms with Crippen LogP contribution in [-0.4, -0.2) is 29.9 Å². The van der Waals surface area contributed by atoms with Crippen molar-refractivity contribution in [1.29, 1.82) is 0 Å². The Hall–Kier alpha value is -1.34. The van der Waals surface area contributed by atoms with Gasteiger partial charge in [-0.05, 0) is 17.7 Å². The van der Waals surface area contributed by atoms with Gasteiger partial charge in [-0.1, -0.05) is 30.3 Å². The molecule has 1 aromatic carbocycles. The number of aliphatic carboxylic acids is 1. The van der Waals surface area contributed by atoms with Crippen molar-refractivity contribution in [3.8, 4) is 0 Å². The van der Waals surface area contributed by atoms with Gasteiger partial charge in [0.25, 0.3) is 14.0 Å². The van der Waals surface area contributed by atoms with Crippen LogP contribution in [0.1, 0.15) is 17.3 Å². The molecule has 1 atom stereocenters. The van der Waals surface area contributed by atoms with Crippen molar-refractivity contribution in [3.63, 3.8) is 0 Å². The van der Waals surface area contributed by atoms with E-state index in [1.165, 1.54) is 31.2 Å². The van der Waals surface area contributed by atoms with Crippen LogP contribution in [0.25, 0.3) is 0 Å². The Morgan fingerprint density at radius 2 is 1.76 bits per heavy atom. The second kappa shape index (κ2) is 5.33. The molecule has 7 heteroatoms. The molecular formula is C10H10O5S2. The Labute approximate surface area is 102 Å². The number of hydrogen-bond acceptors (Lipinski definition) is 5. The minimum absolute atomic E-state index is 0.0255. The molecule has 17 heavy (non-hydrogen) atoms. The van der Waals surface area contributed by atoms with Gasteiger partial charge in [0.05, 0.1) is 0 Å². The van der Waals surface area contributed by atoms with Crippen LogP contribution in [0.2, 0.25) is 0 Å². The third-order valence-corrected chi connectivity index (χ3v) is 5.37. The standard InChI is InChI=1S/C10H10O5S2/c1-7(9(11)12)16-17(14,15)10(13)8-5-3-2-4-6-8/h2-7H,1H3,(H,11,12). The normalized spacial score (nSPS) is 13.0. The van der Waals surface area contributed by atoms with E-state index in [1.54, 1.807) is 6.07 Å². The summed E-state index contributed by atoms with van der Waals surface area (Å²) in [7, 11) is -4.02. The Morgan fingerprint density at radius 1 is 1.24 bits per heavy atom. The quantitative estimate of drug-likeness (QED) is 0.834. The van der Waals surface area contributed by atoms with E-state index in [9.17, 15) is 18.0 Å². The fourth-order valence-electron chi connectivity index (χ4n) is 0.993. The maximum atomic E-state index is 11.6. The van der Waals surface area contributed by atoms with Crippen LogP contribution in [0.15, 0.2) is 30.3 Å². The van der Waals surface area contributed by atoms with Gasteiger partial charge in [-0.15, -0.1) is 0 Å². The van der Waals surface area contributed by atoms with E-state index in [2.05, 4.69) is 0 Å². The van der Waals surface area contributed by atoms with Crippen LogP contribution >= 0.6 is 10.8 Å². The second-order valence-electron chi connectivity index (χ2n) is 3.18. The lowest BCUT2D eigenvalue weighted by Gasteiger charge is -2.05. The molecule has 5 nitrogen and oxygen atoms in total. The molecule has 0 spiro atoms. The molecule has 0 saturated carbocycles. The smallest absolute Gasteiger partial charge is 0.317 e. The maximum Gasteiger partial charge on any atom is 0.317 e.